The minimum atomic E-state index is -0.425. The van der Waals surface area contributed by atoms with E-state index in [1.807, 2.05) is 18.7 Å². The van der Waals surface area contributed by atoms with Gasteiger partial charge in [-0.25, -0.2) is 4.79 Å². The smallest absolute Gasteiger partial charge is 0.321 e. The Morgan fingerprint density at radius 3 is 2.63 bits per heavy atom. The van der Waals surface area contributed by atoms with Gasteiger partial charge in [0.05, 0.1) is 6.04 Å². The average molecular weight is 287 g/mol. The molecule has 0 aromatic carbocycles. The first-order valence-corrected chi connectivity index (χ1v) is 8.24. The molecule has 3 unspecified atom stereocenters. The summed E-state index contributed by atoms with van der Waals surface area (Å²) >= 11 is 1.86. The van der Waals surface area contributed by atoms with E-state index in [0.717, 1.165) is 6.42 Å². The molecule has 1 aliphatic rings. The molecule has 3 amide bonds. The fourth-order valence-corrected chi connectivity index (χ4v) is 3.34. The molecule has 5 nitrogen and oxygen atoms in total. The summed E-state index contributed by atoms with van der Waals surface area (Å²) < 4.78 is 0. The maximum absolute atomic E-state index is 11.9. The van der Waals surface area contributed by atoms with Crippen LogP contribution in [0.4, 0.5) is 4.79 Å². The van der Waals surface area contributed by atoms with E-state index in [4.69, 9.17) is 0 Å². The molecule has 0 bridgehead atoms. The molecule has 0 aromatic rings. The van der Waals surface area contributed by atoms with Gasteiger partial charge in [0.2, 0.25) is 5.91 Å². The second kappa shape index (κ2) is 8.43. The summed E-state index contributed by atoms with van der Waals surface area (Å²) in [5.41, 5.74) is 0. The van der Waals surface area contributed by atoms with Crippen LogP contribution in [0.2, 0.25) is 0 Å². The molecule has 110 valence electrons. The summed E-state index contributed by atoms with van der Waals surface area (Å²) in [4.78, 5) is 23.2. The molecule has 0 radical (unpaired) electrons. The largest absolute Gasteiger partial charge is 0.338 e. The molecule has 1 saturated carbocycles. The Hall–Kier alpha value is -0.750. The molecule has 1 aliphatic carbocycles. The monoisotopic (exact) mass is 287 g/mol. The standard InChI is InChI=1S/C13H25N3O2S/c1-4-14-13(18)16-12(17)9(2)15-10-7-5-6-8-11(10)19-3/h9-11,15H,4-8H2,1-3H3,(H2,14,16,17,18). The fraction of sp³-hybridized carbons (Fsp3) is 0.846. The molecule has 0 aromatic heterocycles. The van der Waals surface area contributed by atoms with Crippen molar-refractivity contribution in [3.63, 3.8) is 0 Å². The SMILES string of the molecule is CCNC(=O)NC(=O)C(C)NC1CCCCC1SC. The van der Waals surface area contributed by atoms with Crippen molar-refractivity contribution in [2.45, 2.75) is 56.9 Å². The van der Waals surface area contributed by atoms with Gasteiger partial charge in [0.15, 0.2) is 0 Å². The first-order valence-electron chi connectivity index (χ1n) is 6.96. The first kappa shape index (κ1) is 16.3. The summed E-state index contributed by atoms with van der Waals surface area (Å²) in [6, 6.07) is -0.412. The Morgan fingerprint density at radius 1 is 1.32 bits per heavy atom. The number of thioether (sulfide) groups is 1. The van der Waals surface area contributed by atoms with Crippen molar-refractivity contribution in [1.29, 1.82) is 0 Å². The predicted molar refractivity (Wildman–Crippen MR) is 79.4 cm³/mol. The van der Waals surface area contributed by atoms with Crippen molar-refractivity contribution in [1.82, 2.24) is 16.0 Å². The van der Waals surface area contributed by atoms with Crippen LogP contribution in [0.15, 0.2) is 0 Å². The van der Waals surface area contributed by atoms with Crippen LogP contribution < -0.4 is 16.0 Å². The van der Waals surface area contributed by atoms with E-state index in [9.17, 15) is 9.59 Å². The Labute approximate surface area is 119 Å². The van der Waals surface area contributed by atoms with Crippen LogP contribution in [0.1, 0.15) is 39.5 Å². The highest BCUT2D eigenvalue weighted by atomic mass is 32.2. The topological polar surface area (TPSA) is 70.2 Å². The van der Waals surface area contributed by atoms with Gasteiger partial charge in [-0.2, -0.15) is 11.8 Å². The molecule has 3 N–H and O–H groups in total. The van der Waals surface area contributed by atoms with Crippen LogP contribution in [-0.2, 0) is 4.79 Å². The number of carbonyl (C=O) groups is 2. The van der Waals surface area contributed by atoms with Crippen LogP contribution in [-0.4, -0.2) is 42.1 Å². The third kappa shape index (κ3) is 5.40. The van der Waals surface area contributed by atoms with E-state index in [0.29, 0.717) is 17.8 Å². The maximum atomic E-state index is 11.9. The van der Waals surface area contributed by atoms with Gasteiger partial charge in [-0.3, -0.25) is 10.1 Å². The first-order chi connectivity index (χ1) is 9.08. The third-order valence-electron chi connectivity index (χ3n) is 3.44. The van der Waals surface area contributed by atoms with E-state index in [1.165, 1.54) is 19.3 Å². The maximum Gasteiger partial charge on any atom is 0.321 e. The van der Waals surface area contributed by atoms with Crippen molar-refractivity contribution in [2.75, 3.05) is 12.8 Å². The van der Waals surface area contributed by atoms with Gasteiger partial charge >= 0.3 is 6.03 Å². The molecule has 1 fully saturated rings. The zero-order chi connectivity index (χ0) is 14.3. The van der Waals surface area contributed by atoms with Gasteiger partial charge < -0.3 is 10.6 Å². The summed E-state index contributed by atoms with van der Waals surface area (Å²) in [5.74, 6) is -0.267. The Morgan fingerprint density at radius 2 is 2.00 bits per heavy atom. The van der Waals surface area contributed by atoms with Gasteiger partial charge in [0.25, 0.3) is 0 Å². The lowest BCUT2D eigenvalue weighted by Crippen LogP contribution is -2.53. The molecule has 19 heavy (non-hydrogen) atoms. The third-order valence-corrected chi connectivity index (χ3v) is 4.61. The minimum Gasteiger partial charge on any atom is -0.338 e. The average Bonchev–Trinajstić information content (AvgIpc) is 2.39. The van der Waals surface area contributed by atoms with Crippen molar-refractivity contribution in [3.05, 3.63) is 0 Å². The zero-order valence-corrected chi connectivity index (χ0v) is 12.8. The van der Waals surface area contributed by atoms with E-state index < -0.39 is 6.03 Å². The second-order valence-electron chi connectivity index (χ2n) is 4.90. The highest BCUT2D eigenvalue weighted by Crippen LogP contribution is 2.27. The number of carbonyl (C=O) groups excluding carboxylic acids is 2. The molecular formula is C13H25N3O2S. The number of imide groups is 1. The number of urea groups is 1. The lowest BCUT2D eigenvalue weighted by Gasteiger charge is -2.32. The molecule has 0 heterocycles. The van der Waals surface area contributed by atoms with Crippen molar-refractivity contribution in [2.24, 2.45) is 0 Å². The molecule has 0 saturated heterocycles. The number of hydrogen-bond donors (Lipinski definition) is 3. The lowest BCUT2D eigenvalue weighted by molar-refractivity contribution is -0.121. The van der Waals surface area contributed by atoms with Gasteiger partial charge in [0.1, 0.15) is 0 Å². The number of nitrogens with one attached hydrogen (secondary N) is 3. The highest BCUT2D eigenvalue weighted by molar-refractivity contribution is 7.99. The Balaban J connectivity index is 2.41. The quantitative estimate of drug-likeness (QED) is 0.716. The van der Waals surface area contributed by atoms with Crippen molar-refractivity contribution < 1.29 is 9.59 Å². The summed E-state index contributed by atoms with van der Waals surface area (Å²) in [7, 11) is 0. The Bertz CT molecular complexity index is 312. The number of rotatable bonds is 5. The minimum absolute atomic E-state index is 0.267. The van der Waals surface area contributed by atoms with Gasteiger partial charge in [-0.05, 0) is 32.9 Å². The fourth-order valence-electron chi connectivity index (χ4n) is 2.39. The van der Waals surface area contributed by atoms with Crippen LogP contribution in [0, 0.1) is 0 Å². The normalized spacial score (nSPS) is 24.6. The van der Waals surface area contributed by atoms with E-state index >= 15 is 0 Å². The Kier molecular flexibility index (Phi) is 7.23. The lowest BCUT2D eigenvalue weighted by atomic mass is 9.94. The van der Waals surface area contributed by atoms with Gasteiger partial charge in [0, 0.05) is 17.8 Å². The molecule has 0 spiro atoms. The molecule has 1 rings (SSSR count). The van der Waals surface area contributed by atoms with Crippen LogP contribution in [0.25, 0.3) is 0 Å². The number of hydrogen-bond acceptors (Lipinski definition) is 4. The summed E-state index contributed by atoms with van der Waals surface area (Å²) in [6.45, 7) is 4.13. The van der Waals surface area contributed by atoms with Crippen molar-refractivity contribution in [3.8, 4) is 0 Å². The van der Waals surface area contributed by atoms with Crippen LogP contribution in [0.3, 0.4) is 0 Å². The zero-order valence-electron chi connectivity index (χ0n) is 12.0. The highest BCUT2D eigenvalue weighted by Gasteiger charge is 2.27. The summed E-state index contributed by atoms with van der Waals surface area (Å²) in [6.07, 6.45) is 6.89. The predicted octanol–water partition coefficient (Wildman–Crippen LogP) is 1.48. The van der Waals surface area contributed by atoms with Gasteiger partial charge in [-0.1, -0.05) is 12.8 Å². The van der Waals surface area contributed by atoms with Crippen molar-refractivity contribution >= 4 is 23.7 Å². The van der Waals surface area contributed by atoms with E-state index in [1.54, 1.807) is 6.92 Å². The molecule has 6 heteroatoms. The number of amides is 3. The van der Waals surface area contributed by atoms with Crippen LogP contribution in [0.5, 0.6) is 0 Å². The van der Waals surface area contributed by atoms with Gasteiger partial charge in [-0.15, -0.1) is 0 Å². The second-order valence-corrected chi connectivity index (χ2v) is 5.98. The van der Waals surface area contributed by atoms with Crippen LogP contribution >= 0.6 is 11.8 Å². The van der Waals surface area contributed by atoms with E-state index in [-0.39, 0.29) is 11.9 Å². The van der Waals surface area contributed by atoms with E-state index in [2.05, 4.69) is 22.2 Å². The summed E-state index contributed by atoms with van der Waals surface area (Å²) in [5, 5.41) is 8.81. The molecule has 0 aliphatic heterocycles. The molecular weight excluding hydrogens is 262 g/mol. The molecule has 3 atom stereocenters.